The molecule has 0 spiro atoms. The van der Waals surface area contributed by atoms with E-state index in [2.05, 4.69) is 23.3 Å². The highest BCUT2D eigenvalue weighted by atomic mass is 32.1. The first-order valence-corrected chi connectivity index (χ1v) is 10.4. The van der Waals surface area contributed by atoms with Gasteiger partial charge in [-0.1, -0.05) is 20.3 Å². The number of carbonyl (C=O) groups excluding carboxylic acids is 3. The summed E-state index contributed by atoms with van der Waals surface area (Å²) in [5, 5.41) is 33.7. The van der Waals surface area contributed by atoms with Crippen LogP contribution >= 0.6 is 12.6 Å². The Morgan fingerprint density at radius 1 is 0.875 bits per heavy atom. The van der Waals surface area contributed by atoms with Crippen molar-refractivity contribution in [3.63, 3.8) is 0 Å². The molecule has 0 aliphatic heterocycles. The van der Waals surface area contributed by atoms with Crippen molar-refractivity contribution in [3.8, 4) is 0 Å². The van der Waals surface area contributed by atoms with Crippen LogP contribution in [0.1, 0.15) is 39.5 Å². The molecule has 0 saturated carbocycles. The summed E-state index contributed by atoms with van der Waals surface area (Å²) in [6, 6.07) is -5.43. The molecule has 32 heavy (non-hydrogen) atoms. The van der Waals surface area contributed by atoms with Crippen molar-refractivity contribution in [1.29, 1.82) is 0 Å². The molecule has 0 aromatic carbocycles. The summed E-state index contributed by atoms with van der Waals surface area (Å²) < 4.78 is 0. The molecule has 182 valence electrons. The van der Waals surface area contributed by atoms with Crippen LogP contribution in [0.3, 0.4) is 0 Å². The Balaban J connectivity index is 5.54. The van der Waals surface area contributed by atoms with Crippen LogP contribution in [-0.4, -0.2) is 80.9 Å². The molecule has 0 saturated heterocycles. The summed E-state index contributed by atoms with van der Waals surface area (Å²) >= 11 is 3.91. The van der Waals surface area contributed by atoms with Crippen LogP contribution in [0.2, 0.25) is 0 Å². The number of thiol groups is 1. The Kier molecular flexibility index (Phi) is 13.0. The van der Waals surface area contributed by atoms with Crippen molar-refractivity contribution < 1.29 is 44.1 Å². The van der Waals surface area contributed by atoms with Gasteiger partial charge in [0.15, 0.2) is 0 Å². The van der Waals surface area contributed by atoms with E-state index in [-0.39, 0.29) is 5.75 Å². The lowest BCUT2D eigenvalue weighted by Gasteiger charge is -2.27. The van der Waals surface area contributed by atoms with Gasteiger partial charge in [0.25, 0.3) is 0 Å². The Morgan fingerprint density at radius 3 is 1.88 bits per heavy atom. The van der Waals surface area contributed by atoms with E-state index in [9.17, 15) is 33.9 Å². The maximum absolute atomic E-state index is 12.8. The lowest BCUT2D eigenvalue weighted by molar-refractivity contribution is -0.144. The van der Waals surface area contributed by atoms with Crippen molar-refractivity contribution in [2.24, 2.45) is 11.7 Å². The van der Waals surface area contributed by atoms with E-state index in [4.69, 9.17) is 15.9 Å². The van der Waals surface area contributed by atoms with Gasteiger partial charge in [-0.2, -0.15) is 12.6 Å². The number of carboxylic acid groups (broad SMARTS) is 3. The standard InChI is InChI=1S/C18H30N4O9S/c1-3-8(2)14(22-15(27)9(19)7-32)17(29)21-11(6-13(25)26)16(28)20-10(18(30)31)4-5-12(23)24/h8-11,14,32H,3-7,19H2,1-2H3,(H,20,28)(H,21,29)(H,22,27)(H,23,24)(H,25,26)(H,30,31). The van der Waals surface area contributed by atoms with Crippen molar-refractivity contribution in [2.75, 3.05) is 5.75 Å². The molecule has 0 rings (SSSR count). The monoisotopic (exact) mass is 478 g/mol. The summed E-state index contributed by atoms with van der Waals surface area (Å²) in [6.45, 7) is 3.40. The molecule has 0 heterocycles. The average Bonchev–Trinajstić information content (AvgIpc) is 2.71. The predicted molar refractivity (Wildman–Crippen MR) is 114 cm³/mol. The summed E-state index contributed by atoms with van der Waals surface area (Å²) in [7, 11) is 0. The van der Waals surface area contributed by atoms with Gasteiger partial charge in [-0.05, 0) is 12.3 Å². The number of amides is 3. The lowest BCUT2D eigenvalue weighted by atomic mass is 9.97. The summed E-state index contributed by atoms with van der Waals surface area (Å²) in [4.78, 5) is 70.5. The molecule has 0 aromatic rings. The molecular formula is C18H30N4O9S. The summed E-state index contributed by atoms with van der Waals surface area (Å²) in [6.07, 6.45) is -1.43. The SMILES string of the molecule is CCC(C)C(NC(=O)C(N)CS)C(=O)NC(CC(=O)O)C(=O)NC(CCC(=O)O)C(=O)O. The molecule has 0 aliphatic rings. The van der Waals surface area contributed by atoms with Crippen LogP contribution in [0.25, 0.3) is 0 Å². The Hall–Kier alpha value is -2.87. The minimum absolute atomic E-state index is 0.0116. The fourth-order valence-electron chi connectivity index (χ4n) is 2.49. The van der Waals surface area contributed by atoms with Crippen molar-refractivity contribution in [2.45, 2.75) is 63.7 Å². The number of rotatable bonds is 15. The van der Waals surface area contributed by atoms with Crippen LogP contribution in [-0.2, 0) is 28.8 Å². The van der Waals surface area contributed by atoms with E-state index in [0.29, 0.717) is 6.42 Å². The number of nitrogens with one attached hydrogen (secondary N) is 3. The Morgan fingerprint density at radius 2 is 1.44 bits per heavy atom. The molecule has 0 fully saturated rings. The van der Waals surface area contributed by atoms with E-state index in [1.165, 1.54) is 0 Å². The third-order valence-corrected chi connectivity index (χ3v) is 4.99. The van der Waals surface area contributed by atoms with E-state index in [1.54, 1.807) is 13.8 Å². The summed E-state index contributed by atoms with van der Waals surface area (Å²) in [5.74, 6) is -7.32. The smallest absolute Gasteiger partial charge is 0.326 e. The van der Waals surface area contributed by atoms with E-state index >= 15 is 0 Å². The van der Waals surface area contributed by atoms with Crippen molar-refractivity contribution in [1.82, 2.24) is 16.0 Å². The van der Waals surface area contributed by atoms with Crippen LogP contribution in [0.5, 0.6) is 0 Å². The molecule has 0 aromatic heterocycles. The van der Waals surface area contributed by atoms with Gasteiger partial charge < -0.3 is 37.0 Å². The zero-order chi connectivity index (χ0) is 25.0. The fraction of sp³-hybridized carbons (Fsp3) is 0.667. The van der Waals surface area contributed by atoms with Gasteiger partial charge >= 0.3 is 17.9 Å². The number of hydrogen-bond acceptors (Lipinski definition) is 8. The third-order valence-electron chi connectivity index (χ3n) is 4.60. The average molecular weight is 479 g/mol. The molecule has 0 aliphatic carbocycles. The van der Waals surface area contributed by atoms with Crippen LogP contribution in [0.4, 0.5) is 0 Å². The van der Waals surface area contributed by atoms with Gasteiger partial charge in [0.05, 0.1) is 12.5 Å². The quantitative estimate of drug-likeness (QED) is 0.123. The van der Waals surface area contributed by atoms with Crippen molar-refractivity contribution >= 4 is 48.3 Å². The normalized spacial score (nSPS) is 15.4. The lowest BCUT2D eigenvalue weighted by Crippen LogP contribution is -2.59. The van der Waals surface area contributed by atoms with Crippen LogP contribution in [0.15, 0.2) is 0 Å². The largest absolute Gasteiger partial charge is 0.481 e. The number of carbonyl (C=O) groups is 6. The highest BCUT2D eigenvalue weighted by molar-refractivity contribution is 7.80. The van der Waals surface area contributed by atoms with Gasteiger partial charge in [-0.25, -0.2) is 4.79 Å². The van der Waals surface area contributed by atoms with Gasteiger partial charge in [0.2, 0.25) is 17.7 Å². The van der Waals surface area contributed by atoms with Crippen LogP contribution in [0, 0.1) is 5.92 Å². The molecule has 13 nitrogen and oxygen atoms in total. The van der Waals surface area contributed by atoms with E-state index in [0.717, 1.165) is 0 Å². The third kappa shape index (κ3) is 10.4. The second kappa shape index (κ2) is 14.2. The minimum Gasteiger partial charge on any atom is -0.481 e. The molecular weight excluding hydrogens is 448 g/mol. The molecule has 14 heteroatoms. The Bertz CT molecular complexity index is 719. The van der Waals surface area contributed by atoms with Gasteiger partial charge in [0, 0.05) is 12.2 Å². The molecule has 3 amide bonds. The predicted octanol–water partition coefficient (Wildman–Crippen LogP) is -1.83. The number of nitrogens with two attached hydrogens (primary N) is 1. The zero-order valence-corrected chi connectivity index (χ0v) is 18.6. The molecule has 5 unspecified atom stereocenters. The van der Waals surface area contributed by atoms with Gasteiger partial charge in [0.1, 0.15) is 18.1 Å². The number of carboxylic acids is 3. The zero-order valence-electron chi connectivity index (χ0n) is 17.7. The molecule has 0 radical (unpaired) electrons. The van der Waals surface area contributed by atoms with E-state index in [1.807, 2.05) is 5.32 Å². The highest BCUT2D eigenvalue weighted by Crippen LogP contribution is 2.10. The molecule has 8 N–H and O–H groups in total. The molecule has 5 atom stereocenters. The second-order valence-electron chi connectivity index (χ2n) is 7.15. The number of hydrogen-bond donors (Lipinski definition) is 8. The summed E-state index contributed by atoms with van der Waals surface area (Å²) in [5.41, 5.74) is 5.60. The fourth-order valence-corrected chi connectivity index (χ4v) is 2.65. The first-order chi connectivity index (χ1) is 14.8. The second-order valence-corrected chi connectivity index (χ2v) is 7.52. The van der Waals surface area contributed by atoms with Crippen molar-refractivity contribution in [3.05, 3.63) is 0 Å². The minimum atomic E-state index is -1.67. The van der Waals surface area contributed by atoms with Gasteiger partial charge in [-0.15, -0.1) is 0 Å². The maximum Gasteiger partial charge on any atom is 0.326 e. The topological polar surface area (TPSA) is 225 Å². The Labute approximate surface area is 189 Å². The maximum atomic E-state index is 12.8. The van der Waals surface area contributed by atoms with E-state index < -0.39 is 85.0 Å². The first-order valence-electron chi connectivity index (χ1n) is 9.77. The highest BCUT2D eigenvalue weighted by Gasteiger charge is 2.33. The van der Waals surface area contributed by atoms with Gasteiger partial charge in [-0.3, -0.25) is 24.0 Å². The first kappa shape index (κ1) is 29.1. The number of aliphatic carboxylic acids is 3. The van der Waals surface area contributed by atoms with Crippen LogP contribution < -0.4 is 21.7 Å². The molecule has 0 bridgehead atoms.